The van der Waals surface area contributed by atoms with Crippen LogP contribution in [0.2, 0.25) is 0 Å². The highest BCUT2D eigenvalue weighted by Gasteiger charge is 2.25. The SMILES string of the molecule is COc1ccc(NC(=O)CN(c2cccc([N+](=O)[O-])c2C)S(C)(=O)=O)cc1. The van der Waals surface area contributed by atoms with Gasteiger partial charge in [0.05, 0.1) is 29.5 Å². The quantitative estimate of drug-likeness (QED) is 0.569. The molecule has 1 amide bonds. The van der Waals surface area contributed by atoms with E-state index in [-0.39, 0.29) is 16.9 Å². The Morgan fingerprint density at radius 1 is 1.22 bits per heavy atom. The van der Waals surface area contributed by atoms with Gasteiger partial charge >= 0.3 is 0 Å². The molecule has 9 nitrogen and oxygen atoms in total. The first kappa shape index (κ1) is 20.2. The fraction of sp³-hybridized carbons (Fsp3) is 0.235. The van der Waals surface area contributed by atoms with Crippen molar-refractivity contribution < 1.29 is 22.9 Å². The number of nitro groups is 1. The molecule has 0 aliphatic rings. The summed E-state index contributed by atoms with van der Waals surface area (Å²) in [5.74, 6) is 0.0227. The number of rotatable bonds is 7. The molecule has 0 aliphatic heterocycles. The lowest BCUT2D eigenvalue weighted by molar-refractivity contribution is -0.385. The highest BCUT2D eigenvalue weighted by atomic mass is 32.2. The van der Waals surface area contributed by atoms with Crippen molar-refractivity contribution in [1.29, 1.82) is 0 Å². The van der Waals surface area contributed by atoms with Gasteiger partial charge in [0.2, 0.25) is 15.9 Å². The predicted molar refractivity (Wildman–Crippen MR) is 102 cm³/mol. The Morgan fingerprint density at radius 2 is 1.85 bits per heavy atom. The zero-order valence-electron chi connectivity index (χ0n) is 15.0. The van der Waals surface area contributed by atoms with Gasteiger partial charge in [-0.2, -0.15) is 0 Å². The Morgan fingerprint density at radius 3 is 2.37 bits per heavy atom. The van der Waals surface area contributed by atoms with E-state index >= 15 is 0 Å². The number of nitrogens with zero attached hydrogens (tertiary/aromatic N) is 2. The number of benzene rings is 2. The molecule has 144 valence electrons. The number of hydrogen-bond donors (Lipinski definition) is 1. The summed E-state index contributed by atoms with van der Waals surface area (Å²) in [6.07, 6.45) is 0.936. The van der Waals surface area contributed by atoms with E-state index in [0.29, 0.717) is 11.4 Å². The number of hydrogen-bond acceptors (Lipinski definition) is 6. The van der Waals surface area contributed by atoms with Crippen molar-refractivity contribution in [3.8, 4) is 5.75 Å². The van der Waals surface area contributed by atoms with E-state index in [1.165, 1.54) is 32.2 Å². The van der Waals surface area contributed by atoms with Gasteiger partial charge < -0.3 is 10.1 Å². The third-order valence-corrected chi connectivity index (χ3v) is 4.93. The maximum atomic E-state index is 12.3. The molecular formula is C17H19N3O6S. The number of ether oxygens (including phenoxy) is 1. The van der Waals surface area contributed by atoms with Crippen LogP contribution < -0.4 is 14.4 Å². The maximum Gasteiger partial charge on any atom is 0.274 e. The van der Waals surface area contributed by atoms with Gasteiger partial charge in [-0.15, -0.1) is 0 Å². The number of carbonyl (C=O) groups excluding carboxylic acids is 1. The zero-order valence-corrected chi connectivity index (χ0v) is 15.8. The van der Waals surface area contributed by atoms with Crippen molar-refractivity contribution in [3.63, 3.8) is 0 Å². The second kappa shape index (κ2) is 8.04. The second-order valence-corrected chi connectivity index (χ2v) is 7.63. The number of nitrogens with one attached hydrogen (secondary N) is 1. The highest BCUT2D eigenvalue weighted by Crippen LogP contribution is 2.29. The first-order valence-electron chi connectivity index (χ1n) is 7.79. The molecule has 0 atom stereocenters. The molecule has 0 bridgehead atoms. The molecule has 0 fully saturated rings. The first-order chi connectivity index (χ1) is 12.6. The third kappa shape index (κ3) is 4.94. The van der Waals surface area contributed by atoms with Crippen molar-refractivity contribution in [2.45, 2.75) is 6.92 Å². The maximum absolute atomic E-state index is 12.3. The summed E-state index contributed by atoms with van der Waals surface area (Å²) in [7, 11) is -2.34. The smallest absolute Gasteiger partial charge is 0.274 e. The lowest BCUT2D eigenvalue weighted by Gasteiger charge is -2.23. The Balaban J connectivity index is 2.29. The lowest BCUT2D eigenvalue weighted by Crippen LogP contribution is -2.37. The molecule has 2 aromatic rings. The number of amides is 1. The summed E-state index contributed by atoms with van der Waals surface area (Å²) in [4.78, 5) is 22.9. The van der Waals surface area contributed by atoms with Crippen LogP contribution in [0.3, 0.4) is 0 Å². The minimum absolute atomic E-state index is 0.0802. The predicted octanol–water partition coefficient (Wildman–Crippen LogP) is 2.32. The monoisotopic (exact) mass is 393 g/mol. The van der Waals surface area contributed by atoms with E-state index in [1.807, 2.05) is 0 Å². The van der Waals surface area contributed by atoms with Crippen LogP contribution in [0.4, 0.5) is 17.1 Å². The van der Waals surface area contributed by atoms with Gasteiger partial charge in [-0.1, -0.05) is 6.07 Å². The van der Waals surface area contributed by atoms with Crippen LogP contribution >= 0.6 is 0 Å². The van der Waals surface area contributed by atoms with Crippen molar-refractivity contribution in [1.82, 2.24) is 0 Å². The van der Waals surface area contributed by atoms with Crippen molar-refractivity contribution in [2.75, 3.05) is 29.5 Å². The lowest BCUT2D eigenvalue weighted by atomic mass is 10.1. The average Bonchev–Trinajstić information content (AvgIpc) is 2.59. The molecule has 0 aliphatic carbocycles. The van der Waals surface area contributed by atoms with Gasteiger partial charge in [0.25, 0.3) is 5.69 Å². The summed E-state index contributed by atoms with van der Waals surface area (Å²) in [6, 6.07) is 10.6. The van der Waals surface area contributed by atoms with Crippen LogP contribution in [-0.2, 0) is 14.8 Å². The molecular weight excluding hydrogens is 374 g/mol. The van der Waals surface area contributed by atoms with Crippen molar-refractivity contribution in [2.24, 2.45) is 0 Å². The van der Waals surface area contributed by atoms with Gasteiger partial charge in [-0.3, -0.25) is 19.2 Å². The number of nitro benzene ring substituents is 1. The standard InChI is InChI=1S/C17H19N3O6S/c1-12-15(5-4-6-16(12)20(22)23)19(27(3,24)25)11-17(21)18-13-7-9-14(26-2)10-8-13/h4-10H,11H2,1-3H3,(H,18,21). The van der Waals surface area contributed by atoms with Gasteiger partial charge in [0.15, 0.2) is 0 Å². The molecule has 0 heterocycles. The first-order valence-corrected chi connectivity index (χ1v) is 9.64. The number of methoxy groups -OCH3 is 1. The van der Waals surface area contributed by atoms with Crippen molar-refractivity contribution in [3.05, 3.63) is 58.1 Å². The van der Waals surface area contributed by atoms with E-state index in [2.05, 4.69) is 5.32 Å². The fourth-order valence-corrected chi connectivity index (χ4v) is 3.37. The molecule has 0 radical (unpaired) electrons. The summed E-state index contributed by atoms with van der Waals surface area (Å²) in [5, 5.41) is 13.7. The Hall–Kier alpha value is -3.14. The minimum atomic E-state index is -3.85. The van der Waals surface area contributed by atoms with E-state index in [1.54, 1.807) is 24.3 Å². The molecule has 2 aromatic carbocycles. The molecule has 0 aromatic heterocycles. The van der Waals surface area contributed by atoms with Gasteiger partial charge in [-0.05, 0) is 37.3 Å². The topological polar surface area (TPSA) is 119 Å². The molecule has 1 N–H and O–H groups in total. The summed E-state index contributed by atoms with van der Waals surface area (Å²) in [6.45, 7) is 0.917. The number of sulfonamides is 1. The van der Waals surface area contributed by atoms with Crippen LogP contribution in [0.5, 0.6) is 5.75 Å². The van der Waals surface area contributed by atoms with Crippen LogP contribution in [0.25, 0.3) is 0 Å². The van der Waals surface area contributed by atoms with Crippen LogP contribution in [0.1, 0.15) is 5.56 Å². The summed E-state index contributed by atoms with van der Waals surface area (Å²) < 4.78 is 30.3. The molecule has 0 saturated carbocycles. The molecule has 0 spiro atoms. The largest absolute Gasteiger partial charge is 0.497 e. The highest BCUT2D eigenvalue weighted by molar-refractivity contribution is 7.92. The van der Waals surface area contributed by atoms with E-state index < -0.39 is 27.4 Å². The molecule has 0 unspecified atom stereocenters. The average molecular weight is 393 g/mol. The molecule has 10 heteroatoms. The van der Waals surface area contributed by atoms with Gasteiger partial charge in [-0.25, -0.2) is 8.42 Å². The van der Waals surface area contributed by atoms with Crippen LogP contribution in [-0.4, -0.2) is 39.2 Å². The fourth-order valence-electron chi connectivity index (χ4n) is 2.47. The van der Waals surface area contributed by atoms with Crippen LogP contribution in [0.15, 0.2) is 42.5 Å². The van der Waals surface area contributed by atoms with E-state index in [0.717, 1.165) is 10.6 Å². The number of carbonyl (C=O) groups is 1. The van der Waals surface area contributed by atoms with E-state index in [9.17, 15) is 23.3 Å². The molecule has 2 rings (SSSR count). The second-order valence-electron chi connectivity index (χ2n) is 5.72. The summed E-state index contributed by atoms with van der Waals surface area (Å²) in [5.41, 5.74) is 0.475. The summed E-state index contributed by atoms with van der Waals surface area (Å²) >= 11 is 0. The Labute approximate surface area is 156 Å². The van der Waals surface area contributed by atoms with Crippen LogP contribution in [0, 0.1) is 17.0 Å². The molecule has 27 heavy (non-hydrogen) atoms. The Bertz CT molecular complexity index is 957. The number of anilines is 2. The zero-order chi connectivity index (χ0) is 20.2. The van der Waals surface area contributed by atoms with Gasteiger partial charge in [0, 0.05) is 11.8 Å². The normalized spacial score (nSPS) is 10.9. The molecule has 0 saturated heterocycles. The van der Waals surface area contributed by atoms with Crippen molar-refractivity contribution >= 4 is 33.0 Å². The minimum Gasteiger partial charge on any atom is -0.497 e. The van der Waals surface area contributed by atoms with E-state index in [4.69, 9.17) is 4.74 Å². The Kier molecular flexibility index (Phi) is 6.01. The van der Waals surface area contributed by atoms with Gasteiger partial charge in [0.1, 0.15) is 12.3 Å². The third-order valence-electron chi connectivity index (χ3n) is 3.80.